The number of pyridine rings is 1. The van der Waals surface area contributed by atoms with Crippen LogP contribution in [0.4, 0.5) is 13.2 Å². The molecule has 2 heterocycles. The summed E-state index contributed by atoms with van der Waals surface area (Å²) in [6, 6.07) is 10.8. The average Bonchev–Trinajstić information content (AvgIpc) is 2.84. The van der Waals surface area contributed by atoms with Gasteiger partial charge in [0, 0.05) is 18.4 Å². The Balaban J connectivity index is 1.65. The molecule has 172 valence electrons. The van der Waals surface area contributed by atoms with E-state index >= 15 is 0 Å². The number of hydrogen-bond donors (Lipinski definition) is 1. The van der Waals surface area contributed by atoms with Crippen molar-refractivity contribution < 1.29 is 32.6 Å². The summed E-state index contributed by atoms with van der Waals surface area (Å²) < 4.78 is 44.8. The summed E-state index contributed by atoms with van der Waals surface area (Å²) in [6.45, 7) is -1.21. The number of unbranched alkanes of at least 4 members (excludes halogenated alkanes) is 1. The molecule has 1 atom stereocenters. The lowest BCUT2D eigenvalue weighted by Crippen LogP contribution is -2.41. The van der Waals surface area contributed by atoms with Gasteiger partial charge in [0.05, 0.1) is 18.9 Å². The van der Waals surface area contributed by atoms with Crippen molar-refractivity contribution in [2.75, 3.05) is 13.2 Å². The van der Waals surface area contributed by atoms with E-state index in [9.17, 15) is 22.8 Å². The third-order valence-electron chi connectivity index (χ3n) is 5.28. The summed E-state index contributed by atoms with van der Waals surface area (Å²) in [5, 5.41) is 9.08. The molecule has 1 N–H and O–H groups in total. The van der Waals surface area contributed by atoms with Crippen LogP contribution in [0.5, 0.6) is 5.75 Å². The van der Waals surface area contributed by atoms with Crippen LogP contribution in [0.2, 0.25) is 0 Å². The Hall–Kier alpha value is -3.10. The molecule has 0 radical (unpaired) electrons. The number of carboxylic acid groups (broad SMARTS) is 1. The molecule has 1 aliphatic heterocycles. The first-order valence-electron chi connectivity index (χ1n) is 10.4. The molecule has 6 nitrogen and oxygen atoms in total. The minimum Gasteiger partial charge on any atom is -0.494 e. The molecule has 3 rings (SSSR count). The van der Waals surface area contributed by atoms with Crippen LogP contribution in [-0.4, -0.2) is 46.2 Å². The van der Waals surface area contributed by atoms with Gasteiger partial charge in [0.1, 0.15) is 12.3 Å². The standard InChI is InChI=1S/C23H25F3N2O4/c24-23(25,26)15-28-14-18-12-20(32-10-4-2-6-19-5-1-3-9-27-19)8-7-16(18)11-17(22(28)31)13-21(29)30/h1,3,5,7-9,12,17H,2,4,6,10-11,13-15H2,(H,29,30). The van der Waals surface area contributed by atoms with E-state index < -0.39 is 36.9 Å². The molecule has 0 saturated heterocycles. The van der Waals surface area contributed by atoms with Crippen molar-refractivity contribution in [1.29, 1.82) is 0 Å². The Morgan fingerprint density at radius 1 is 1.19 bits per heavy atom. The summed E-state index contributed by atoms with van der Waals surface area (Å²) in [5.41, 5.74) is 2.21. The van der Waals surface area contributed by atoms with E-state index in [1.807, 2.05) is 18.2 Å². The first kappa shape index (κ1) is 23.6. The molecule has 0 spiro atoms. The van der Waals surface area contributed by atoms with Crippen molar-refractivity contribution in [3.63, 3.8) is 0 Å². The summed E-state index contributed by atoms with van der Waals surface area (Å²) >= 11 is 0. The quantitative estimate of drug-likeness (QED) is 0.584. The second-order valence-corrected chi connectivity index (χ2v) is 7.87. The number of hydrogen-bond acceptors (Lipinski definition) is 4. The number of fused-ring (bicyclic) bond motifs is 1. The molecular weight excluding hydrogens is 425 g/mol. The maximum absolute atomic E-state index is 13.0. The number of aromatic nitrogens is 1. The van der Waals surface area contributed by atoms with Gasteiger partial charge in [-0.1, -0.05) is 12.1 Å². The number of aryl methyl sites for hydroxylation is 1. The first-order valence-corrected chi connectivity index (χ1v) is 10.4. The van der Waals surface area contributed by atoms with Gasteiger partial charge in [-0.2, -0.15) is 13.2 Å². The number of aliphatic carboxylic acids is 1. The highest BCUT2D eigenvalue weighted by atomic mass is 19.4. The van der Waals surface area contributed by atoms with Crippen LogP contribution < -0.4 is 4.74 Å². The van der Waals surface area contributed by atoms with Crippen molar-refractivity contribution in [2.24, 2.45) is 5.92 Å². The predicted molar refractivity (Wildman–Crippen MR) is 110 cm³/mol. The lowest BCUT2D eigenvalue weighted by Gasteiger charge is -2.25. The highest BCUT2D eigenvalue weighted by Crippen LogP contribution is 2.30. The molecule has 9 heteroatoms. The van der Waals surface area contributed by atoms with Crippen LogP contribution in [0.1, 0.15) is 36.1 Å². The van der Waals surface area contributed by atoms with E-state index in [0.717, 1.165) is 25.0 Å². The largest absolute Gasteiger partial charge is 0.494 e. The number of carboxylic acids is 1. The zero-order valence-electron chi connectivity index (χ0n) is 17.5. The van der Waals surface area contributed by atoms with Gasteiger partial charge < -0.3 is 14.7 Å². The minimum absolute atomic E-state index is 0.0825. The molecule has 1 aromatic heterocycles. The fourth-order valence-electron chi connectivity index (χ4n) is 3.80. The van der Waals surface area contributed by atoms with Gasteiger partial charge in [0.2, 0.25) is 5.91 Å². The average molecular weight is 450 g/mol. The lowest BCUT2D eigenvalue weighted by atomic mass is 9.94. The van der Waals surface area contributed by atoms with Crippen LogP contribution in [0.3, 0.4) is 0 Å². The first-order chi connectivity index (χ1) is 15.2. The highest BCUT2D eigenvalue weighted by molar-refractivity contribution is 5.84. The number of amides is 1. The van der Waals surface area contributed by atoms with Crippen molar-refractivity contribution in [3.8, 4) is 5.75 Å². The summed E-state index contributed by atoms with van der Waals surface area (Å²) in [7, 11) is 0. The van der Waals surface area contributed by atoms with Crippen molar-refractivity contribution in [2.45, 2.75) is 44.8 Å². The maximum Gasteiger partial charge on any atom is 0.406 e. The van der Waals surface area contributed by atoms with Crippen LogP contribution in [-0.2, 0) is 29.0 Å². The van der Waals surface area contributed by atoms with Crippen molar-refractivity contribution in [1.82, 2.24) is 9.88 Å². The van der Waals surface area contributed by atoms with Crippen LogP contribution in [0, 0.1) is 5.92 Å². The molecule has 2 aromatic rings. The summed E-state index contributed by atoms with van der Waals surface area (Å²) in [6.07, 6.45) is -0.765. The van der Waals surface area contributed by atoms with E-state index in [1.165, 1.54) is 0 Å². The van der Waals surface area contributed by atoms with E-state index in [0.29, 0.717) is 28.4 Å². The number of alkyl halides is 3. The number of carbonyl (C=O) groups is 2. The lowest BCUT2D eigenvalue weighted by molar-refractivity contribution is -0.165. The second kappa shape index (κ2) is 10.5. The number of ether oxygens (including phenoxy) is 1. The zero-order chi connectivity index (χ0) is 23.1. The van der Waals surface area contributed by atoms with Crippen LogP contribution in [0.25, 0.3) is 0 Å². The number of rotatable bonds is 9. The highest BCUT2D eigenvalue weighted by Gasteiger charge is 2.38. The van der Waals surface area contributed by atoms with Gasteiger partial charge in [-0.05, 0) is 61.1 Å². The maximum atomic E-state index is 13.0. The normalized spacial score (nSPS) is 16.4. The number of benzene rings is 1. The van der Waals surface area contributed by atoms with E-state index in [1.54, 1.807) is 24.4 Å². The fraction of sp³-hybridized carbons (Fsp3) is 0.435. The van der Waals surface area contributed by atoms with Gasteiger partial charge in [0.25, 0.3) is 0 Å². The number of carbonyl (C=O) groups excluding carboxylic acids is 1. The van der Waals surface area contributed by atoms with E-state index in [4.69, 9.17) is 9.84 Å². The third-order valence-corrected chi connectivity index (χ3v) is 5.28. The van der Waals surface area contributed by atoms with Crippen molar-refractivity contribution >= 4 is 11.9 Å². The molecule has 0 aliphatic carbocycles. The van der Waals surface area contributed by atoms with Gasteiger partial charge in [-0.25, -0.2) is 0 Å². The predicted octanol–water partition coefficient (Wildman–Crippen LogP) is 4.02. The Morgan fingerprint density at radius 2 is 2.00 bits per heavy atom. The molecule has 0 saturated carbocycles. The molecular formula is C23H25F3N2O4. The van der Waals surface area contributed by atoms with Crippen LogP contribution in [0.15, 0.2) is 42.6 Å². The summed E-state index contributed by atoms with van der Waals surface area (Å²) in [4.78, 5) is 28.7. The topological polar surface area (TPSA) is 79.7 Å². The molecule has 1 aromatic carbocycles. The number of halogens is 3. The van der Waals surface area contributed by atoms with Gasteiger partial charge >= 0.3 is 12.1 Å². The molecule has 1 aliphatic rings. The zero-order valence-corrected chi connectivity index (χ0v) is 17.5. The molecule has 32 heavy (non-hydrogen) atoms. The Bertz CT molecular complexity index is 935. The SMILES string of the molecule is O=C(O)CC1Cc2ccc(OCCCCc3ccccn3)cc2CN(CC(F)(F)F)C1=O. The smallest absolute Gasteiger partial charge is 0.406 e. The van der Waals surface area contributed by atoms with Gasteiger partial charge in [0.15, 0.2) is 0 Å². The van der Waals surface area contributed by atoms with Gasteiger partial charge in [-0.15, -0.1) is 0 Å². The fourth-order valence-corrected chi connectivity index (χ4v) is 3.80. The summed E-state index contributed by atoms with van der Waals surface area (Å²) in [5.74, 6) is -2.53. The molecule has 0 bridgehead atoms. The Morgan fingerprint density at radius 3 is 2.69 bits per heavy atom. The van der Waals surface area contributed by atoms with Crippen molar-refractivity contribution in [3.05, 3.63) is 59.4 Å². The third kappa shape index (κ3) is 6.96. The monoisotopic (exact) mass is 450 g/mol. The Labute approximate surface area is 184 Å². The van der Waals surface area contributed by atoms with Crippen LogP contribution >= 0.6 is 0 Å². The van der Waals surface area contributed by atoms with E-state index in [-0.39, 0.29) is 13.0 Å². The Kier molecular flexibility index (Phi) is 7.71. The minimum atomic E-state index is -4.57. The van der Waals surface area contributed by atoms with Gasteiger partial charge in [-0.3, -0.25) is 14.6 Å². The molecule has 0 fully saturated rings. The number of nitrogens with zero attached hydrogens (tertiary/aromatic N) is 2. The van der Waals surface area contributed by atoms with E-state index in [2.05, 4.69) is 4.98 Å². The molecule has 1 amide bonds. The second-order valence-electron chi connectivity index (χ2n) is 7.87. The molecule has 1 unspecified atom stereocenters.